The van der Waals surface area contributed by atoms with Crippen LogP contribution in [0.3, 0.4) is 0 Å². The summed E-state index contributed by atoms with van der Waals surface area (Å²) in [6, 6.07) is 0. The molecule has 0 fully saturated rings. The van der Waals surface area contributed by atoms with E-state index >= 15 is 0 Å². The minimum Gasteiger partial charge on any atom is -0.382 e. The summed E-state index contributed by atoms with van der Waals surface area (Å²) in [6.45, 7) is 3.57. The second kappa shape index (κ2) is 16.4. The van der Waals surface area contributed by atoms with Gasteiger partial charge in [-0.25, -0.2) is 0 Å². The molecule has 0 atom stereocenters. The fraction of sp³-hybridized carbons (Fsp3) is 1.00. The Kier molecular flexibility index (Phi) is 16.7. The summed E-state index contributed by atoms with van der Waals surface area (Å²) in [7, 11) is 1.68. The fourth-order valence-corrected chi connectivity index (χ4v) is 1.87. The molecular formula is C13H27BrO3. The number of rotatable bonds is 14. The van der Waals surface area contributed by atoms with Gasteiger partial charge < -0.3 is 14.2 Å². The van der Waals surface area contributed by atoms with E-state index in [1.165, 1.54) is 38.5 Å². The predicted molar refractivity (Wildman–Crippen MR) is 75.0 cm³/mol. The second-order valence-electron chi connectivity index (χ2n) is 4.03. The summed E-state index contributed by atoms with van der Waals surface area (Å²) < 4.78 is 15.6. The van der Waals surface area contributed by atoms with Crippen LogP contribution in [-0.2, 0) is 14.2 Å². The van der Waals surface area contributed by atoms with Crippen LogP contribution in [0.4, 0.5) is 0 Å². The van der Waals surface area contributed by atoms with Gasteiger partial charge >= 0.3 is 0 Å². The molecule has 0 heterocycles. The third-order valence-electron chi connectivity index (χ3n) is 2.48. The van der Waals surface area contributed by atoms with E-state index in [9.17, 15) is 0 Å². The van der Waals surface area contributed by atoms with Gasteiger partial charge in [-0.3, -0.25) is 0 Å². The van der Waals surface area contributed by atoms with Crippen LogP contribution in [0.5, 0.6) is 0 Å². The molecule has 0 radical (unpaired) electrons. The maximum absolute atomic E-state index is 5.47. The van der Waals surface area contributed by atoms with Crippen molar-refractivity contribution in [3.8, 4) is 0 Å². The van der Waals surface area contributed by atoms with Crippen molar-refractivity contribution in [3.63, 3.8) is 0 Å². The minimum atomic E-state index is 0.660. The summed E-state index contributed by atoms with van der Waals surface area (Å²) in [5.41, 5.74) is 0. The summed E-state index contributed by atoms with van der Waals surface area (Å²) in [5, 5.41) is 1.14. The van der Waals surface area contributed by atoms with E-state index in [-0.39, 0.29) is 0 Å². The fourth-order valence-electron chi connectivity index (χ4n) is 1.47. The molecule has 0 aliphatic carbocycles. The van der Waals surface area contributed by atoms with Crippen molar-refractivity contribution in [1.29, 1.82) is 0 Å². The van der Waals surface area contributed by atoms with Gasteiger partial charge in [0.2, 0.25) is 0 Å². The summed E-state index contributed by atoms with van der Waals surface area (Å²) in [5.74, 6) is 0. The van der Waals surface area contributed by atoms with Gasteiger partial charge in [-0.15, -0.1) is 0 Å². The minimum absolute atomic E-state index is 0.660. The van der Waals surface area contributed by atoms with Crippen molar-refractivity contribution in [3.05, 3.63) is 0 Å². The number of unbranched alkanes of at least 4 members (excludes halogenated alkanes) is 5. The highest BCUT2D eigenvalue weighted by Crippen LogP contribution is 2.06. The van der Waals surface area contributed by atoms with Crippen LogP contribution in [-0.4, -0.2) is 45.5 Å². The van der Waals surface area contributed by atoms with Crippen molar-refractivity contribution >= 4 is 15.9 Å². The third-order valence-corrected chi connectivity index (χ3v) is 3.04. The Morgan fingerprint density at radius 1 is 0.647 bits per heavy atom. The molecule has 0 rings (SSSR count). The first kappa shape index (κ1) is 17.4. The Labute approximate surface area is 114 Å². The van der Waals surface area contributed by atoms with E-state index in [0.717, 1.165) is 11.9 Å². The van der Waals surface area contributed by atoms with Crippen molar-refractivity contribution in [2.24, 2.45) is 0 Å². The number of halogens is 1. The van der Waals surface area contributed by atoms with E-state index < -0.39 is 0 Å². The lowest BCUT2D eigenvalue weighted by molar-refractivity contribution is 0.0239. The zero-order chi connectivity index (χ0) is 12.6. The zero-order valence-corrected chi connectivity index (χ0v) is 12.7. The van der Waals surface area contributed by atoms with Crippen LogP contribution in [0, 0.1) is 0 Å². The lowest BCUT2D eigenvalue weighted by atomic mass is 10.1. The highest BCUT2D eigenvalue weighted by Gasteiger charge is 1.92. The van der Waals surface area contributed by atoms with Crippen molar-refractivity contribution in [2.45, 2.75) is 38.5 Å². The van der Waals surface area contributed by atoms with Gasteiger partial charge in [0, 0.05) is 19.0 Å². The molecule has 0 aromatic rings. The lowest BCUT2D eigenvalue weighted by Gasteiger charge is -2.05. The van der Waals surface area contributed by atoms with E-state index in [1.54, 1.807) is 7.11 Å². The summed E-state index contributed by atoms with van der Waals surface area (Å²) in [4.78, 5) is 0. The van der Waals surface area contributed by atoms with Gasteiger partial charge in [0.1, 0.15) is 0 Å². The van der Waals surface area contributed by atoms with Gasteiger partial charge in [-0.1, -0.05) is 41.6 Å². The molecule has 0 aliphatic heterocycles. The molecule has 104 valence electrons. The van der Waals surface area contributed by atoms with Gasteiger partial charge in [0.25, 0.3) is 0 Å². The molecule has 0 amide bonds. The van der Waals surface area contributed by atoms with Crippen LogP contribution < -0.4 is 0 Å². The van der Waals surface area contributed by atoms with E-state index in [1.807, 2.05) is 0 Å². The molecule has 17 heavy (non-hydrogen) atoms. The van der Waals surface area contributed by atoms with Crippen molar-refractivity contribution in [1.82, 2.24) is 0 Å². The molecular weight excluding hydrogens is 284 g/mol. The molecule has 0 aliphatic rings. The molecule has 4 heteroatoms. The van der Waals surface area contributed by atoms with Crippen LogP contribution in [0.15, 0.2) is 0 Å². The van der Waals surface area contributed by atoms with Crippen LogP contribution in [0.2, 0.25) is 0 Å². The van der Waals surface area contributed by atoms with Gasteiger partial charge in [0.05, 0.1) is 26.4 Å². The Morgan fingerprint density at radius 2 is 1.18 bits per heavy atom. The first-order valence-electron chi connectivity index (χ1n) is 6.62. The normalized spacial score (nSPS) is 10.9. The molecule has 0 bridgehead atoms. The summed E-state index contributed by atoms with van der Waals surface area (Å²) in [6.07, 6.45) is 7.79. The first-order chi connectivity index (χ1) is 8.41. The molecule has 0 N–H and O–H groups in total. The molecule has 3 nitrogen and oxygen atoms in total. The molecule has 0 spiro atoms. The van der Waals surface area contributed by atoms with Crippen LogP contribution >= 0.6 is 15.9 Å². The quantitative estimate of drug-likeness (QED) is 0.363. The Morgan fingerprint density at radius 3 is 1.82 bits per heavy atom. The second-order valence-corrected chi connectivity index (χ2v) is 4.82. The highest BCUT2D eigenvalue weighted by atomic mass is 79.9. The third kappa shape index (κ3) is 16.4. The molecule has 0 unspecified atom stereocenters. The van der Waals surface area contributed by atoms with Crippen LogP contribution in [0.25, 0.3) is 0 Å². The van der Waals surface area contributed by atoms with Gasteiger partial charge in [0.15, 0.2) is 0 Å². The molecule has 0 saturated heterocycles. The average molecular weight is 311 g/mol. The van der Waals surface area contributed by atoms with Crippen LogP contribution in [0.1, 0.15) is 38.5 Å². The predicted octanol–water partition coefficient (Wildman–Crippen LogP) is 3.40. The van der Waals surface area contributed by atoms with Crippen molar-refractivity contribution in [2.75, 3.05) is 45.5 Å². The highest BCUT2D eigenvalue weighted by molar-refractivity contribution is 9.09. The summed E-state index contributed by atoms with van der Waals surface area (Å²) >= 11 is 3.44. The number of hydrogen-bond donors (Lipinski definition) is 0. The van der Waals surface area contributed by atoms with E-state index in [0.29, 0.717) is 26.4 Å². The standard InChI is InChI=1S/C13H27BrO3/c1-15-10-11-17-13-12-16-9-7-5-3-2-4-6-8-14/h2-13H2,1H3. The first-order valence-corrected chi connectivity index (χ1v) is 7.74. The monoisotopic (exact) mass is 310 g/mol. The number of methoxy groups -OCH3 is 1. The average Bonchev–Trinajstić information content (AvgIpc) is 2.35. The smallest absolute Gasteiger partial charge is 0.0701 e. The van der Waals surface area contributed by atoms with E-state index in [2.05, 4.69) is 15.9 Å². The number of alkyl halides is 1. The Hall–Kier alpha value is 0.360. The molecule has 0 aromatic heterocycles. The molecule has 0 saturated carbocycles. The van der Waals surface area contributed by atoms with E-state index in [4.69, 9.17) is 14.2 Å². The maximum atomic E-state index is 5.47. The zero-order valence-electron chi connectivity index (χ0n) is 11.1. The lowest BCUT2D eigenvalue weighted by Crippen LogP contribution is -2.08. The topological polar surface area (TPSA) is 27.7 Å². The van der Waals surface area contributed by atoms with Gasteiger partial charge in [-0.05, 0) is 12.8 Å². The largest absolute Gasteiger partial charge is 0.382 e. The van der Waals surface area contributed by atoms with Crippen molar-refractivity contribution < 1.29 is 14.2 Å². The van der Waals surface area contributed by atoms with Gasteiger partial charge in [-0.2, -0.15) is 0 Å². The SMILES string of the molecule is COCCOCCOCCCCCCCCBr. The maximum Gasteiger partial charge on any atom is 0.0701 e. The number of hydrogen-bond acceptors (Lipinski definition) is 3. The Bertz CT molecular complexity index is 120. The molecule has 0 aromatic carbocycles. The number of ether oxygens (including phenoxy) is 3. The Balaban J connectivity index is 2.85.